The summed E-state index contributed by atoms with van der Waals surface area (Å²) >= 11 is 12.8. The molecule has 0 spiro atoms. The predicted molar refractivity (Wildman–Crippen MR) is 141 cm³/mol. The van der Waals surface area contributed by atoms with Crippen molar-refractivity contribution in [1.82, 2.24) is 9.80 Å². The van der Waals surface area contributed by atoms with Gasteiger partial charge in [0.05, 0.1) is 23.0 Å². The minimum atomic E-state index is -0.358. The highest BCUT2D eigenvalue weighted by Gasteiger charge is 2.41. The van der Waals surface area contributed by atoms with E-state index >= 15 is 0 Å². The molecule has 2 heterocycles. The second-order valence-corrected chi connectivity index (χ2v) is 12.0. The SMILES string of the molecule is CC(C)COC(=O)CCCN1C(=O)/C(=C2\SC(=S)N(CCCC(=O)OCC(C)C)C2=O)SC1=S. The van der Waals surface area contributed by atoms with Crippen LogP contribution in [0, 0.1) is 11.8 Å². The van der Waals surface area contributed by atoms with Crippen LogP contribution in [0.2, 0.25) is 0 Å². The molecule has 34 heavy (non-hydrogen) atoms. The fourth-order valence-electron chi connectivity index (χ4n) is 2.88. The fraction of sp³-hybridized carbons (Fsp3) is 0.636. The number of thioether (sulfide) groups is 2. The normalized spacial score (nSPS) is 18.6. The average molecular weight is 547 g/mol. The number of ether oxygens (including phenoxy) is 2. The van der Waals surface area contributed by atoms with Crippen molar-refractivity contribution in [3.8, 4) is 0 Å². The monoisotopic (exact) mass is 546 g/mol. The number of carbonyl (C=O) groups excluding carboxylic acids is 4. The molecule has 2 rings (SSSR count). The molecule has 2 aliphatic heterocycles. The third kappa shape index (κ3) is 8.31. The van der Waals surface area contributed by atoms with Crippen molar-refractivity contribution < 1.29 is 28.7 Å². The highest BCUT2D eigenvalue weighted by atomic mass is 32.2. The lowest BCUT2D eigenvalue weighted by Crippen LogP contribution is -2.31. The highest BCUT2D eigenvalue weighted by molar-refractivity contribution is 8.29. The van der Waals surface area contributed by atoms with Crippen LogP contribution in [-0.2, 0) is 28.7 Å². The highest BCUT2D eigenvalue weighted by Crippen LogP contribution is 2.42. The van der Waals surface area contributed by atoms with Gasteiger partial charge < -0.3 is 9.47 Å². The Morgan fingerprint density at radius 2 is 1.12 bits per heavy atom. The number of hydrogen-bond donors (Lipinski definition) is 0. The molecule has 12 heteroatoms. The molecule has 0 unspecified atom stereocenters. The van der Waals surface area contributed by atoms with E-state index in [-0.39, 0.29) is 71.3 Å². The number of esters is 2. The Morgan fingerprint density at radius 1 is 0.765 bits per heavy atom. The number of carbonyl (C=O) groups is 4. The molecule has 0 bridgehead atoms. The van der Waals surface area contributed by atoms with Crippen LogP contribution in [-0.4, -0.2) is 68.5 Å². The van der Waals surface area contributed by atoms with E-state index in [1.54, 1.807) is 0 Å². The molecule has 0 atom stereocenters. The summed E-state index contributed by atoms with van der Waals surface area (Å²) in [6, 6.07) is 0. The number of thiocarbonyl (C=S) groups is 2. The number of nitrogens with zero attached hydrogens (tertiary/aromatic N) is 2. The summed E-state index contributed by atoms with van der Waals surface area (Å²) in [5.41, 5.74) is 0. The zero-order valence-corrected chi connectivity index (χ0v) is 23.1. The lowest BCUT2D eigenvalue weighted by atomic mass is 10.2. The van der Waals surface area contributed by atoms with Crippen molar-refractivity contribution in [2.75, 3.05) is 26.3 Å². The Balaban J connectivity index is 1.90. The van der Waals surface area contributed by atoms with Gasteiger partial charge in [-0.1, -0.05) is 75.7 Å². The van der Waals surface area contributed by atoms with Crippen LogP contribution in [0.3, 0.4) is 0 Å². The molecule has 2 aliphatic rings. The van der Waals surface area contributed by atoms with E-state index in [0.717, 1.165) is 23.5 Å². The van der Waals surface area contributed by atoms with Gasteiger partial charge in [0.1, 0.15) is 8.64 Å². The summed E-state index contributed by atoms with van der Waals surface area (Å²) in [5.74, 6) is -0.825. The van der Waals surface area contributed by atoms with Gasteiger partial charge in [0.25, 0.3) is 11.8 Å². The molecular weight excluding hydrogens is 517 g/mol. The summed E-state index contributed by atoms with van der Waals surface area (Å²) in [5, 5.41) is 0. The van der Waals surface area contributed by atoms with Crippen molar-refractivity contribution in [2.24, 2.45) is 11.8 Å². The molecular formula is C22H30N2O6S4. The smallest absolute Gasteiger partial charge is 0.305 e. The van der Waals surface area contributed by atoms with Gasteiger partial charge in [0, 0.05) is 25.9 Å². The van der Waals surface area contributed by atoms with Gasteiger partial charge in [-0.15, -0.1) is 0 Å². The van der Waals surface area contributed by atoms with Crippen molar-refractivity contribution in [3.63, 3.8) is 0 Å². The largest absolute Gasteiger partial charge is 0.465 e. The minimum absolute atomic E-state index is 0.181. The second kappa shape index (κ2) is 13.6. The van der Waals surface area contributed by atoms with Gasteiger partial charge in [-0.05, 0) is 24.7 Å². The molecule has 2 saturated heterocycles. The van der Waals surface area contributed by atoms with E-state index < -0.39 is 0 Å². The summed E-state index contributed by atoms with van der Waals surface area (Å²) in [4.78, 5) is 52.8. The van der Waals surface area contributed by atoms with Crippen LogP contribution in [0.5, 0.6) is 0 Å². The van der Waals surface area contributed by atoms with Gasteiger partial charge in [0.2, 0.25) is 0 Å². The first-order valence-corrected chi connectivity index (χ1v) is 13.6. The summed E-state index contributed by atoms with van der Waals surface area (Å²) in [6.07, 6.45) is 1.18. The van der Waals surface area contributed by atoms with Crippen LogP contribution in [0.1, 0.15) is 53.4 Å². The molecule has 0 saturated carbocycles. The molecule has 2 fully saturated rings. The molecule has 0 aromatic carbocycles. The second-order valence-electron chi connectivity index (χ2n) is 8.67. The molecule has 2 amide bonds. The van der Waals surface area contributed by atoms with Crippen molar-refractivity contribution in [1.29, 1.82) is 0 Å². The summed E-state index contributed by atoms with van der Waals surface area (Å²) in [6.45, 7) is 9.08. The predicted octanol–water partition coefficient (Wildman–Crippen LogP) is 3.88. The van der Waals surface area contributed by atoms with E-state index in [2.05, 4.69) is 0 Å². The van der Waals surface area contributed by atoms with Crippen molar-refractivity contribution in [2.45, 2.75) is 53.4 Å². The number of rotatable bonds is 12. The zero-order chi connectivity index (χ0) is 25.4. The van der Waals surface area contributed by atoms with Gasteiger partial charge in [-0.2, -0.15) is 0 Å². The van der Waals surface area contributed by atoms with Gasteiger partial charge in [0.15, 0.2) is 0 Å². The summed E-state index contributed by atoms with van der Waals surface area (Å²) in [7, 11) is 0. The molecule has 0 radical (unpaired) electrons. The van der Waals surface area contributed by atoms with Gasteiger partial charge in [-0.25, -0.2) is 0 Å². The Kier molecular flexibility index (Phi) is 11.5. The first-order valence-electron chi connectivity index (χ1n) is 11.1. The maximum atomic E-state index is 12.9. The molecule has 0 aromatic rings. The summed E-state index contributed by atoms with van der Waals surface area (Å²) < 4.78 is 11.0. The molecule has 0 N–H and O–H groups in total. The van der Waals surface area contributed by atoms with E-state index in [4.69, 9.17) is 33.9 Å². The lowest BCUT2D eigenvalue weighted by molar-refractivity contribution is -0.145. The Bertz CT molecular complexity index is 817. The maximum Gasteiger partial charge on any atom is 0.305 e. The topological polar surface area (TPSA) is 93.2 Å². The Labute approximate surface area is 219 Å². The fourth-order valence-corrected chi connectivity index (χ4v) is 5.65. The van der Waals surface area contributed by atoms with E-state index in [0.29, 0.717) is 34.7 Å². The minimum Gasteiger partial charge on any atom is -0.465 e. The lowest BCUT2D eigenvalue weighted by Gasteiger charge is -2.14. The standard InChI is InChI=1S/C22H30N2O6S4/c1-13(2)11-29-15(25)7-5-9-23-19(27)17(33-21(23)31)18-20(28)24(22(32)34-18)10-6-8-16(26)30-12-14(3)4/h13-14H,5-12H2,1-4H3/b18-17+. The first kappa shape index (κ1) is 28.7. The van der Waals surface area contributed by atoms with Crippen LogP contribution in [0.4, 0.5) is 0 Å². The maximum absolute atomic E-state index is 12.9. The van der Waals surface area contributed by atoms with Crippen molar-refractivity contribution in [3.05, 3.63) is 9.81 Å². The average Bonchev–Trinajstić information content (AvgIpc) is 3.20. The number of hydrogen-bond acceptors (Lipinski definition) is 10. The van der Waals surface area contributed by atoms with Gasteiger partial charge in [-0.3, -0.25) is 29.0 Å². The van der Waals surface area contributed by atoms with Crippen LogP contribution in [0.25, 0.3) is 0 Å². The molecule has 8 nitrogen and oxygen atoms in total. The van der Waals surface area contributed by atoms with Crippen LogP contribution >= 0.6 is 48.0 Å². The Morgan fingerprint density at radius 3 is 1.44 bits per heavy atom. The third-order valence-electron chi connectivity index (χ3n) is 4.59. The first-order chi connectivity index (χ1) is 16.0. The number of amides is 2. The quantitative estimate of drug-likeness (QED) is 0.204. The third-order valence-corrected chi connectivity index (χ3v) is 7.61. The van der Waals surface area contributed by atoms with Gasteiger partial charge >= 0.3 is 11.9 Å². The van der Waals surface area contributed by atoms with E-state index in [9.17, 15) is 19.2 Å². The van der Waals surface area contributed by atoms with E-state index in [1.165, 1.54) is 9.80 Å². The van der Waals surface area contributed by atoms with Crippen LogP contribution < -0.4 is 0 Å². The van der Waals surface area contributed by atoms with Crippen LogP contribution in [0.15, 0.2) is 9.81 Å². The Hall–Kier alpha value is -1.50. The molecule has 0 aliphatic carbocycles. The molecule has 0 aromatic heterocycles. The van der Waals surface area contributed by atoms with E-state index in [1.807, 2.05) is 27.7 Å². The zero-order valence-electron chi connectivity index (χ0n) is 19.8. The van der Waals surface area contributed by atoms with Crippen molar-refractivity contribution >= 4 is 80.4 Å². The molecule has 188 valence electrons.